The van der Waals surface area contributed by atoms with Crippen molar-refractivity contribution in [2.45, 2.75) is 57.7 Å². The molecule has 1 atom stereocenters. The molecule has 3 N–H and O–H groups in total. The second kappa shape index (κ2) is 13.5. The lowest BCUT2D eigenvalue weighted by Crippen LogP contribution is -2.51. The molecule has 0 saturated carbocycles. The molecule has 14 heteroatoms. The Balaban J connectivity index is 1.34. The molecular formula is C31H33Cl2FN6O5. The van der Waals surface area contributed by atoms with Crippen LogP contribution in [0.1, 0.15) is 44.2 Å². The normalized spacial score (nSPS) is 16.1. The van der Waals surface area contributed by atoms with Gasteiger partial charge in [-0.2, -0.15) is 0 Å². The molecule has 0 unspecified atom stereocenters. The zero-order chi connectivity index (χ0) is 32.4. The lowest BCUT2D eigenvalue weighted by atomic mass is 10.0. The van der Waals surface area contributed by atoms with Gasteiger partial charge in [0.15, 0.2) is 0 Å². The van der Waals surface area contributed by atoms with E-state index in [2.05, 4.69) is 5.32 Å². The second-order valence-electron chi connectivity index (χ2n) is 11.4. The van der Waals surface area contributed by atoms with Crippen molar-refractivity contribution in [3.63, 3.8) is 0 Å². The number of fused-ring (bicyclic) bond motifs is 1. The third-order valence-electron chi connectivity index (χ3n) is 8.43. The van der Waals surface area contributed by atoms with Crippen LogP contribution in [0.5, 0.6) is 0 Å². The summed E-state index contributed by atoms with van der Waals surface area (Å²) in [5.74, 6) is -1.27. The fourth-order valence-corrected chi connectivity index (χ4v) is 6.34. The van der Waals surface area contributed by atoms with Gasteiger partial charge in [0.1, 0.15) is 12.4 Å². The highest BCUT2D eigenvalue weighted by Gasteiger charge is 2.32. The number of anilines is 1. The predicted octanol–water partition coefficient (Wildman–Crippen LogP) is 4.03. The van der Waals surface area contributed by atoms with Crippen LogP contribution in [0.3, 0.4) is 0 Å². The summed E-state index contributed by atoms with van der Waals surface area (Å²) in [5, 5.41) is 3.20. The largest absolute Gasteiger partial charge is 0.370 e. The van der Waals surface area contributed by atoms with Gasteiger partial charge in [0.25, 0.3) is 5.56 Å². The van der Waals surface area contributed by atoms with Gasteiger partial charge in [0.05, 0.1) is 15.6 Å². The molecule has 0 spiro atoms. The van der Waals surface area contributed by atoms with Gasteiger partial charge in [0.2, 0.25) is 11.8 Å². The number of halogens is 3. The van der Waals surface area contributed by atoms with Crippen LogP contribution in [0, 0.1) is 5.82 Å². The van der Waals surface area contributed by atoms with Crippen molar-refractivity contribution in [3.05, 3.63) is 84.9 Å². The number of benzene rings is 2. The number of rotatable bonds is 8. The first-order valence-electron chi connectivity index (χ1n) is 14.7. The molecule has 2 aliphatic rings. The number of carbonyl (C=O) groups excluding carboxylic acids is 3. The fourth-order valence-electron chi connectivity index (χ4n) is 5.94. The van der Waals surface area contributed by atoms with E-state index in [0.29, 0.717) is 50.1 Å². The van der Waals surface area contributed by atoms with Crippen LogP contribution in [-0.4, -0.2) is 62.5 Å². The number of urea groups is 1. The molecule has 2 aromatic carbocycles. The number of hydrogen-bond donors (Lipinski definition) is 2. The van der Waals surface area contributed by atoms with Crippen molar-refractivity contribution < 1.29 is 18.8 Å². The number of likely N-dealkylation sites (tertiary alicyclic amines) is 1. The van der Waals surface area contributed by atoms with Gasteiger partial charge in [-0.05, 0) is 62.4 Å². The Morgan fingerprint density at radius 1 is 1.07 bits per heavy atom. The van der Waals surface area contributed by atoms with Crippen LogP contribution in [-0.2, 0) is 22.6 Å². The molecule has 45 heavy (non-hydrogen) atoms. The van der Waals surface area contributed by atoms with Crippen molar-refractivity contribution >= 4 is 46.7 Å². The van der Waals surface area contributed by atoms with Gasteiger partial charge in [-0.3, -0.25) is 23.5 Å². The summed E-state index contributed by atoms with van der Waals surface area (Å²) in [6, 6.07) is 7.99. The van der Waals surface area contributed by atoms with E-state index in [0.717, 1.165) is 10.1 Å². The summed E-state index contributed by atoms with van der Waals surface area (Å²) in [4.78, 5) is 68.4. The van der Waals surface area contributed by atoms with E-state index in [1.165, 1.54) is 22.9 Å². The van der Waals surface area contributed by atoms with E-state index in [1.54, 1.807) is 41.0 Å². The Hall–Kier alpha value is -4.16. The van der Waals surface area contributed by atoms with E-state index in [1.807, 2.05) is 0 Å². The average molecular weight is 660 g/mol. The molecule has 11 nitrogen and oxygen atoms in total. The van der Waals surface area contributed by atoms with E-state index in [4.69, 9.17) is 28.9 Å². The van der Waals surface area contributed by atoms with Crippen LogP contribution < -0.4 is 22.3 Å². The smallest absolute Gasteiger partial charge is 0.331 e. The lowest BCUT2D eigenvalue weighted by Gasteiger charge is -2.38. The summed E-state index contributed by atoms with van der Waals surface area (Å²) in [6.45, 7) is 2.40. The first-order valence-corrected chi connectivity index (χ1v) is 15.4. The predicted molar refractivity (Wildman–Crippen MR) is 169 cm³/mol. The van der Waals surface area contributed by atoms with E-state index in [-0.39, 0.29) is 58.8 Å². The summed E-state index contributed by atoms with van der Waals surface area (Å²) in [7, 11) is 0. The molecule has 5 rings (SSSR count). The molecular weight excluding hydrogens is 626 g/mol. The van der Waals surface area contributed by atoms with E-state index in [9.17, 15) is 28.4 Å². The van der Waals surface area contributed by atoms with Gasteiger partial charge in [0, 0.05) is 55.6 Å². The minimum Gasteiger partial charge on any atom is -0.370 e. The van der Waals surface area contributed by atoms with Crippen LogP contribution in [0.4, 0.5) is 14.9 Å². The minimum absolute atomic E-state index is 0.0406. The van der Waals surface area contributed by atoms with Gasteiger partial charge >= 0.3 is 11.7 Å². The van der Waals surface area contributed by atoms with Crippen molar-refractivity contribution in [1.29, 1.82) is 0 Å². The maximum atomic E-state index is 13.7. The molecule has 0 radical (unpaired) electrons. The molecule has 1 aromatic heterocycles. The molecule has 1 fully saturated rings. The molecule has 0 bridgehead atoms. The number of carbonyl (C=O) groups is 3. The quantitative estimate of drug-likeness (QED) is 0.376. The summed E-state index contributed by atoms with van der Waals surface area (Å²) >= 11 is 12.6. The molecule has 3 aromatic rings. The number of nitrogens with one attached hydrogen (secondary N) is 1. The summed E-state index contributed by atoms with van der Waals surface area (Å²) < 4.78 is 15.9. The highest BCUT2D eigenvalue weighted by atomic mass is 35.5. The zero-order valence-corrected chi connectivity index (χ0v) is 26.1. The van der Waals surface area contributed by atoms with Crippen LogP contribution in [0.25, 0.3) is 11.1 Å². The number of nitrogens with zero attached hydrogens (tertiary/aromatic N) is 4. The van der Waals surface area contributed by atoms with Gasteiger partial charge < -0.3 is 20.9 Å². The third kappa shape index (κ3) is 6.91. The Morgan fingerprint density at radius 3 is 2.51 bits per heavy atom. The molecule has 1 saturated heterocycles. The Bertz CT molecular complexity index is 1770. The average Bonchev–Trinajstić information content (AvgIpc) is 3.17. The first-order chi connectivity index (χ1) is 21.4. The van der Waals surface area contributed by atoms with Crippen LogP contribution in [0.2, 0.25) is 10.0 Å². The van der Waals surface area contributed by atoms with E-state index >= 15 is 0 Å². The van der Waals surface area contributed by atoms with E-state index < -0.39 is 23.2 Å². The highest BCUT2D eigenvalue weighted by Crippen LogP contribution is 2.32. The highest BCUT2D eigenvalue weighted by molar-refractivity contribution is 6.43. The molecule has 238 valence electrons. The molecule has 3 heterocycles. The Morgan fingerprint density at radius 2 is 1.80 bits per heavy atom. The number of aromatic nitrogens is 2. The number of amides is 4. The molecule has 2 aliphatic heterocycles. The van der Waals surface area contributed by atoms with Crippen molar-refractivity contribution in [1.82, 2.24) is 18.9 Å². The number of piperidine rings is 1. The minimum atomic E-state index is -0.709. The van der Waals surface area contributed by atoms with Crippen LogP contribution in [0.15, 0.2) is 52.2 Å². The van der Waals surface area contributed by atoms with Crippen LogP contribution >= 0.6 is 23.2 Å². The van der Waals surface area contributed by atoms with Crippen molar-refractivity contribution in [2.24, 2.45) is 5.73 Å². The maximum Gasteiger partial charge on any atom is 0.331 e. The number of hydrogen-bond acceptors (Lipinski definition) is 5. The Labute approximate surface area is 268 Å². The number of nitrogens with two attached hydrogens (primary N) is 1. The second-order valence-corrected chi connectivity index (χ2v) is 12.2. The molecule has 0 aliphatic carbocycles. The lowest BCUT2D eigenvalue weighted by molar-refractivity contribution is -0.133. The summed E-state index contributed by atoms with van der Waals surface area (Å²) in [5.41, 5.74) is 5.65. The third-order valence-corrected chi connectivity index (χ3v) is 9.25. The topological polar surface area (TPSA) is 140 Å². The van der Waals surface area contributed by atoms with Gasteiger partial charge in [-0.15, -0.1) is 0 Å². The van der Waals surface area contributed by atoms with Gasteiger partial charge in [-0.25, -0.2) is 14.0 Å². The Kier molecular flexibility index (Phi) is 9.64. The standard InChI is InChI=1S/C31H33Cl2FN6O5/c1-18(5-8-26(35)41)40-29(43)23(22-3-2-4-24(32)28(22)33)16-38(31(40)45)17-27(42)37-12-10-21(11-13-37)39-14-9-19-15-20(34)6-7-25(19)36-30(39)44/h2-4,6-7,15-16,18,21H,5,8-14,17H2,1H3,(H2,35,41)(H,36,44)/t18-/m0/s1. The first kappa shape index (κ1) is 32.2. The van der Waals surface area contributed by atoms with Crippen molar-refractivity contribution in [3.8, 4) is 11.1 Å². The zero-order valence-electron chi connectivity index (χ0n) is 24.6. The maximum absolute atomic E-state index is 13.7. The van der Waals surface area contributed by atoms with Crippen molar-refractivity contribution in [2.75, 3.05) is 25.0 Å². The monoisotopic (exact) mass is 658 g/mol. The molecule has 4 amide bonds. The fraction of sp³-hybridized carbons (Fsp3) is 0.387. The summed E-state index contributed by atoms with van der Waals surface area (Å²) in [6.07, 6.45) is 2.95. The number of primary amides is 1. The van der Waals surface area contributed by atoms with Gasteiger partial charge in [-0.1, -0.05) is 35.3 Å². The SMILES string of the molecule is C[C@@H](CCC(N)=O)n1c(=O)c(-c2cccc(Cl)c2Cl)cn(CC(=O)N2CCC(N3CCc4cc(F)ccc4NC3=O)CC2)c1=O.